The van der Waals surface area contributed by atoms with Crippen molar-refractivity contribution >= 4 is 38.9 Å². The molecule has 2 rings (SSSR count). The lowest BCUT2D eigenvalue weighted by atomic mass is 10.1. The molecule has 0 radical (unpaired) electrons. The topological polar surface area (TPSA) is 89.5 Å². The fourth-order valence-corrected chi connectivity index (χ4v) is 2.03. The van der Waals surface area contributed by atoms with Gasteiger partial charge in [0.15, 0.2) is 0 Å². The van der Waals surface area contributed by atoms with Crippen molar-refractivity contribution in [2.45, 2.75) is 0 Å². The van der Waals surface area contributed by atoms with Crippen molar-refractivity contribution in [3.63, 3.8) is 0 Å². The standard InChI is InChI=1S/C14H12BrN3O3/c1-17(10-3-5-11(6-4-10)18(20)21)14(19)9-2-7-12(15)13(16)8-9/h2-8H,16H2,1H3. The molecule has 0 aliphatic heterocycles. The number of hydrogen-bond donors (Lipinski definition) is 1. The van der Waals surface area contributed by atoms with Crippen molar-refractivity contribution in [3.05, 3.63) is 62.6 Å². The zero-order chi connectivity index (χ0) is 15.6. The van der Waals surface area contributed by atoms with Crippen molar-refractivity contribution in [2.75, 3.05) is 17.7 Å². The second kappa shape index (κ2) is 5.92. The molecule has 0 aromatic heterocycles. The number of hydrogen-bond acceptors (Lipinski definition) is 4. The summed E-state index contributed by atoms with van der Waals surface area (Å²) in [6.45, 7) is 0. The van der Waals surface area contributed by atoms with Crippen LogP contribution in [-0.4, -0.2) is 17.9 Å². The van der Waals surface area contributed by atoms with Crippen LogP contribution >= 0.6 is 15.9 Å². The molecule has 21 heavy (non-hydrogen) atoms. The van der Waals surface area contributed by atoms with Crippen LogP contribution in [0.1, 0.15) is 10.4 Å². The lowest BCUT2D eigenvalue weighted by Gasteiger charge is -2.17. The van der Waals surface area contributed by atoms with Crippen LogP contribution in [0.15, 0.2) is 46.9 Å². The minimum atomic E-state index is -0.485. The van der Waals surface area contributed by atoms with Crippen molar-refractivity contribution in [1.29, 1.82) is 0 Å². The molecular weight excluding hydrogens is 338 g/mol. The number of nitro groups is 1. The van der Waals surface area contributed by atoms with Gasteiger partial charge in [0.2, 0.25) is 0 Å². The molecule has 0 fully saturated rings. The van der Waals surface area contributed by atoms with Gasteiger partial charge in [0, 0.05) is 40.6 Å². The number of nitrogens with zero attached hydrogens (tertiary/aromatic N) is 2. The maximum Gasteiger partial charge on any atom is 0.269 e. The van der Waals surface area contributed by atoms with Gasteiger partial charge in [-0.15, -0.1) is 0 Å². The maximum absolute atomic E-state index is 12.3. The highest BCUT2D eigenvalue weighted by Crippen LogP contribution is 2.23. The number of anilines is 2. The number of nitrogens with two attached hydrogens (primary N) is 1. The minimum absolute atomic E-state index is 0.0208. The number of carbonyl (C=O) groups excluding carboxylic acids is 1. The smallest absolute Gasteiger partial charge is 0.269 e. The van der Waals surface area contributed by atoms with E-state index in [9.17, 15) is 14.9 Å². The van der Waals surface area contributed by atoms with Gasteiger partial charge < -0.3 is 10.6 Å². The summed E-state index contributed by atoms with van der Waals surface area (Å²) in [5, 5.41) is 10.6. The van der Waals surface area contributed by atoms with E-state index in [0.717, 1.165) is 4.47 Å². The molecule has 0 spiro atoms. The molecule has 6 nitrogen and oxygen atoms in total. The molecule has 0 saturated carbocycles. The molecule has 108 valence electrons. The molecule has 2 N–H and O–H groups in total. The van der Waals surface area contributed by atoms with Crippen LogP contribution in [0.5, 0.6) is 0 Å². The van der Waals surface area contributed by atoms with E-state index in [4.69, 9.17) is 5.73 Å². The summed E-state index contributed by atoms with van der Waals surface area (Å²) in [7, 11) is 1.60. The molecular formula is C14H12BrN3O3. The highest BCUT2D eigenvalue weighted by Gasteiger charge is 2.15. The van der Waals surface area contributed by atoms with E-state index < -0.39 is 4.92 Å². The van der Waals surface area contributed by atoms with Crippen molar-refractivity contribution in [2.24, 2.45) is 0 Å². The Morgan fingerprint density at radius 2 is 1.86 bits per heavy atom. The molecule has 0 saturated heterocycles. The Morgan fingerprint density at radius 3 is 2.38 bits per heavy atom. The Labute approximate surface area is 129 Å². The molecule has 2 aromatic rings. The van der Waals surface area contributed by atoms with Gasteiger partial charge in [-0.05, 0) is 46.3 Å². The molecule has 0 aliphatic rings. The van der Waals surface area contributed by atoms with Gasteiger partial charge in [-0.1, -0.05) is 0 Å². The number of rotatable bonds is 3. The Morgan fingerprint density at radius 1 is 1.24 bits per heavy atom. The lowest BCUT2D eigenvalue weighted by Crippen LogP contribution is -2.26. The Bertz CT molecular complexity index is 701. The largest absolute Gasteiger partial charge is 0.398 e. The van der Waals surface area contributed by atoms with E-state index in [1.807, 2.05) is 0 Å². The lowest BCUT2D eigenvalue weighted by molar-refractivity contribution is -0.384. The zero-order valence-electron chi connectivity index (χ0n) is 11.1. The SMILES string of the molecule is CN(C(=O)c1ccc(Br)c(N)c1)c1ccc([N+](=O)[O-])cc1. The first-order valence-electron chi connectivity index (χ1n) is 5.97. The first-order chi connectivity index (χ1) is 9.90. The van der Waals surface area contributed by atoms with Gasteiger partial charge >= 0.3 is 0 Å². The van der Waals surface area contributed by atoms with E-state index in [-0.39, 0.29) is 11.6 Å². The first-order valence-corrected chi connectivity index (χ1v) is 6.77. The summed E-state index contributed by atoms with van der Waals surface area (Å²) in [6.07, 6.45) is 0. The van der Waals surface area contributed by atoms with Gasteiger partial charge in [-0.2, -0.15) is 0 Å². The van der Waals surface area contributed by atoms with Crippen LogP contribution in [0.3, 0.4) is 0 Å². The Kier molecular flexibility index (Phi) is 4.23. The molecule has 0 heterocycles. The first kappa shape index (κ1) is 15.0. The van der Waals surface area contributed by atoms with Crippen LogP contribution in [0.4, 0.5) is 17.1 Å². The second-order valence-electron chi connectivity index (χ2n) is 4.37. The summed E-state index contributed by atoms with van der Waals surface area (Å²) in [4.78, 5) is 23.9. The molecule has 0 aliphatic carbocycles. The fraction of sp³-hybridized carbons (Fsp3) is 0.0714. The summed E-state index contributed by atoms with van der Waals surface area (Å²) in [5.74, 6) is -0.247. The van der Waals surface area contributed by atoms with E-state index in [2.05, 4.69) is 15.9 Å². The van der Waals surface area contributed by atoms with E-state index in [1.165, 1.54) is 29.2 Å². The van der Waals surface area contributed by atoms with E-state index >= 15 is 0 Å². The quantitative estimate of drug-likeness (QED) is 0.523. The van der Waals surface area contributed by atoms with Crippen molar-refractivity contribution < 1.29 is 9.72 Å². The third kappa shape index (κ3) is 3.19. The number of halogens is 1. The third-order valence-electron chi connectivity index (χ3n) is 3.00. The molecule has 0 bridgehead atoms. The predicted octanol–water partition coefficient (Wildman–Crippen LogP) is 3.22. The van der Waals surface area contributed by atoms with Crippen molar-refractivity contribution in [3.8, 4) is 0 Å². The van der Waals surface area contributed by atoms with Gasteiger partial charge in [0.05, 0.1) is 4.92 Å². The number of benzene rings is 2. The van der Waals surface area contributed by atoms with Crippen LogP contribution in [0.2, 0.25) is 0 Å². The predicted molar refractivity (Wildman–Crippen MR) is 84.4 cm³/mol. The number of nitro benzene ring substituents is 1. The molecule has 2 aromatic carbocycles. The monoisotopic (exact) mass is 349 g/mol. The number of non-ortho nitro benzene ring substituents is 1. The average Bonchev–Trinajstić information content (AvgIpc) is 2.48. The molecule has 1 amide bonds. The fourth-order valence-electron chi connectivity index (χ4n) is 1.79. The van der Waals surface area contributed by atoms with Gasteiger partial charge in [-0.3, -0.25) is 14.9 Å². The summed E-state index contributed by atoms with van der Waals surface area (Å²) >= 11 is 3.27. The highest BCUT2D eigenvalue weighted by molar-refractivity contribution is 9.10. The van der Waals surface area contributed by atoms with Crippen molar-refractivity contribution in [1.82, 2.24) is 0 Å². The Hall–Kier alpha value is -2.41. The molecule has 7 heteroatoms. The molecule has 0 atom stereocenters. The summed E-state index contributed by atoms with van der Waals surface area (Å²) in [5.41, 5.74) is 7.21. The van der Waals surface area contributed by atoms with Crippen LogP contribution in [-0.2, 0) is 0 Å². The highest BCUT2D eigenvalue weighted by atomic mass is 79.9. The Balaban J connectivity index is 2.25. The number of amides is 1. The van der Waals surface area contributed by atoms with Crippen LogP contribution in [0, 0.1) is 10.1 Å². The maximum atomic E-state index is 12.3. The van der Waals surface area contributed by atoms with E-state index in [1.54, 1.807) is 25.2 Å². The summed E-state index contributed by atoms with van der Waals surface area (Å²) in [6, 6.07) is 10.7. The van der Waals surface area contributed by atoms with Gasteiger partial charge in [0.1, 0.15) is 0 Å². The van der Waals surface area contributed by atoms with Gasteiger partial charge in [-0.25, -0.2) is 0 Å². The second-order valence-corrected chi connectivity index (χ2v) is 5.23. The normalized spacial score (nSPS) is 10.2. The average molecular weight is 350 g/mol. The third-order valence-corrected chi connectivity index (χ3v) is 3.72. The number of nitrogen functional groups attached to an aromatic ring is 1. The van der Waals surface area contributed by atoms with Crippen LogP contribution in [0.25, 0.3) is 0 Å². The van der Waals surface area contributed by atoms with E-state index in [0.29, 0.717) is 16.9 Å². The van der Waals surface area contributed by atoms with Gasteiger partial charge in [0.25, 0.3) is 11.6 Å². The summed E-state index contributed by atoms with van der Waals surface area (Å²) < 4.78 is 0.719. The zero-order valence-corrected chi connectivity index (χ0v) is 12.7. The molecule has 0 unspecified atom stereocenters. The number of carbonyl (C=O) groups is 1. The minimum Gasteiger partial charge on any atom is -0.398 e. The van der Waals surface area contributed by atoms with Crippen LogP contribution < -0.4 is 10.6 Å².